The van der Waals surface area contributed by atoms with E-state index in [1.54, 1.807) is 0 Å². The maximum absolute atomic E-state index is 10.4. The number of amides is 2. The van der Waals surface area contributed by atoms with Crippen LogP contribution in [0, 0.1) is 0 Å². The molecular weight excluding hydrogens is 693 g/mol. The summed E-state index contributed by atoms with van der Waals surface area (Å²) in [5.41, 5.74) is 6.45. The molecule has 1 fully saturated rings. The predicted octanol–water partition coefficient (Wildman–Crippen LogP) is 6.67. The van der Waals surface area contributed by atoms with Crippen molar-refractivity contribution >= 4 is 102 Å². The minimum absolute atomic E-state index is 0. The molecule has 3 aliphatic heterocycles. The molecule has 7 aromatic rings. The predicted molar refractivity (Wildman–Crippen MR) is 193 cm³/mol. The average molecular weight is 717 g/mol. The Balaban J connectivity index is 0.000000344. The third-order valence-corrected chi connectivity index (χ3v) is 9.24. The van der Waals surface area contributed by atoms with Crippen molar-refractivity contribution in [2.75, 3.05) is 0 Å². The molecule has 0 atom stereocenters. The van der Waals surface area contributed by atoms with Crippen LogP contribution in [0.4, 0.5) is 0 Å². The molecule has 6 heterocycles. The van der Waals surface area contributed by atoms with Gasteiger partial charge in [0.05, 0.1) is 16.1 Å². The van der Waals surface area contributed by atoms with E-state index >= 15 is 0 Å². The van der Waals surface area contributed by atoms with E-state index in [0.29, 0.717) is 58.7 Å². The van der Waals surface area contributed by atoms with E-state index < -0.39 is 0 Å². The van der Waals surface area contributed by atoms with Crippen LogP contribution in [0.15, 0.2) is 97.1 Å². The Hall–Kier alpha value is -5.14. The number of carbonyl (C=O) groups is 2. The standard InChI is InChI=1S/C32H18N8.C4H4BrNO2.Na.H/c1-2-10-18-17(9-1)25-33-26(18)38-28-21-13-5-6-14-22(21)30(35-28)40-32-24-16-8-7-15-23(24)31(36-32)39-29-20-12-4-3-11-19(20)27(34-29)37-25;5-6-3(7)1-2-4(6)8;;/h1-16H,(H2,33,34,35,36,37,38,39,40);1-2H2;;. The van der Waals surface area contributed by atoms with Crippen LogP contribution in [-0.4, -0.2) is 85.2 Å². The van der Waals surface area contributed by atoms with Gasteiger partial charge in [-0.05, 0) is 0 Å². The van der Waals surface area contributed by atoms with Crippen molar-refractivity contribution in [1.82, 2.24) is 43.8 Å². The van der Waals surface area contributed by atoms with Crippen LogP contribution < -0.4 is 0 Å². The van der Waals surface area contributed by atoms with Gasteiger partial charge in [-0.25, -0.2) is 33.8 Å². The van der Waals surface area contributed by atoms with Crippen molar-refractivity contribution in [3.8, 4) is 45.6 Å². The molecular formula is C36H23BrN9NaO2. The van der Waals surface area contributed by atoms with Crippen LogP contribution in [0.1, 0.15) is 12.8 Å². The van der Waals surface area contributed by atoms with Crippen LogP contribution in [0.5, 0.6) is 0 Å². The third kappa shape index (κ3) is 5.33. The first-order valence-electron chi connectivity index (χ1n) is 15.2. The number of fused-ring (bicyclic) bond motifs is 20. The van der Waals surface area contributed by atoms with E-state index in [-0.39, 0.29) is 41.4 Å². The minimum Gasteiger partial charge on any atom is -0.324 e. The van der Waals surface area contributed by atoms with Crippen LogP contribution in [-0.2, 0) is 9.59 Å². The molecule has 13 heteroatoms. The molecule has 2 N–H and O–H groups in total. The zero-order valence-corrected chi connectivity index (χ0v) is 26.6. The van der Waals surface area contributed by atoms with E-state index in [2.05, 4.69) is 26.1 Å². The summed E-state index contributed by atoms with van der Waals surface area (Å²) in [7, 11) is 0. The molecule has 232 valence electrons. The summed E-state index contributed by atoms with van der Waals surface area (Å²) in [6.45, 7) is 0. The number of hydrogen-bond acceptors (Lipinski definition) is 8. The normalized spacial score (nSPS) is 13.1. The summed E-state index contributed by atoms with van der Waals surface area (Å²) < 4.78 is 0.979. The SMILES string of the molecule is O=C1CCC(=O)N1Br.[NaH].c1ccc2c(c1)-c1nc-2nc2[nH]c(nc3nc(nc4[nH]c(n1)c1ccccc41)-c1ccccc1-3)c1ccccc21. The van der Waals surface area contributed by atoms with Gasteiger partial charge in [0.2, 0.25) is 11.8 Å². The maximum atomic E-state index is 10.4. The zero-order chi connectivity index (χ0) is 32.4. The molecule has 49 heavy (non-hydrogen) atoms. The minimum atomic E-state index is -0.144. The summed E-state index contributed by atoms with van der Waals surface area (Å²) in [4.78, 5) is 57.7. The van der Waals surface area contributed by atoms with E-state index in [1.165, 1.54) is 0 Å². The average Bonchev–Trinajstić information content (AvgIpc) is 3.91. The van der Waals surface area contributed by atoms with Crippen molar-refractivity contribution in [3.63, 3.8) is 0 Å². The van der Waals surface area contributed by atoms with Crippen molar-refractivity contribution < 1.29 is 9.59 Å². The molecule has 0 saturated carbocycles. The topological polar surface area (TPSA) is 146 Å². The summed E-state index contributed by atoms with van der Waals surface area (Å²) in [5, 5.41) is 3.82. The molecule has 3 aliphatic rings. The molecule has 1 saturated heterocycles. The van der Waals surface area contributed by atoms with E-state index in [1.807, 2.05) is 97.1 Å². The maximum Gasteiger partial charge on any atom is 0.164 e. The molecule has 2 amide bonds. The molecule has 10 rings (SSSR count). The van der Waals surface area contributed by atoms with Gasteiger partial charge in [0.1, 0.15) is 22.6 Å². The first kappa shape index (κ1) is 31.1. The largest absolute Gasteiger partial charge is 0.324 e. The Morgan fingerprint density at radius 1 is 0.449 bits per heavy atom. The van der Waals surface area contributed by atoms with Crippen molar-refractivity contribution in [3.05, 3.63) is 97.1 Å². The monoisotopic (exact) mass is 715 g/mol. The second kappa shape index (κ2) is 12.4. The number of aromatic amines is 2. The van der Waals surface area contributed by atoms with Gasteiger partial charge in [-0.1, -0.05) is 97.1 Å². The number of imide groups is 1. The van der Waals surface area contributed by atoms with Gasteiger partial charge in [0, 0.05) is 56.6 Å². The molecule has 8 bridgehead atoms. The van der Waals surface area contributed by atoms with Gasteiger partial charge in [-0.15, -0.1) is 0 Å². The Morgan fingerprint density at radius 3 is 0.959 bits per heavy atom. The number of aromatic nitrogens is 8. The molecule has 3 aromatic heterocycles. The molecule has 4 aromatic carbocycles. The summed E-state index contributed by atoms with van der Waals surface area (Å²) in [5.74, 6) is 2.10. The van der Waals surface area contributed by atoms with Gasteiger partial charge in [-0.3, -0.25) is 9.59 Å². The number of carbonyl (C=O) groups excluding carboxylic acids is 2. The number of benzene rings is 4. The number of nitrogens with zero attached hydrogens (tertiary/aromatic N) is 7. The summed E-state index contributed by atoms with van der Waals surface area (Å²) in [6, 6.07) is 32.2. The fraction of sp³-hybridized carbons (Fsp3) is 0.0556. The van der Waals surface area contributed by atoms with Gasteiger partial charge in [0.15, 0.2) is 23.3 Å². The number of rotatable bonds is 0. The summed E-state index contributed by atoms with van der Waals surface area (Å²) >= 11 is 2.80. The van der Waals surface area contributed by atoms with Crippen molar-refractivity contribution in [2.45, 2.75) is 12.8 Å². The molecule has 0 aliphatic carbocycles. The zero-order valence-electron chi connectivity index (χ0n) is 25.0. The Labute approximate surface area is 308 Å². The van der Waals surface area contributed by atoms with Gasteiger partial charge in [-0.2, -0.15) is 0 Å². The Bertz CT molecular complexity index is 2340. The smallest absolute Gasteiger partial charge is 0.164 e. The van der Waals surface area contributed by atoms with Crippen LogP contribution in [0.2, 0.25) is 0 Å². The van der Waals surface area contributed by atoms with Crippen LogP contribution in [0.3, 0.4) is 0 Å². The third-order valence-electron chi connectivity index (χ3n) is 8.45. The van der Waals surface area contributed by atoms with Gasteiger partial charge >= 0.3 is 29.6 Å². The number of nitrogens with one attached hydrogen (secondary N) is 2. The molecule has 0 unspecified atom stereocenters. The first-order valence-corrected chi connectivity index (χ1v) is 15.9. The van der Waals surface area contributed by atoms with E-state index in [9.17, 15) is 9.59 Å². The molecule has 0 spiro atoms. The second-order valence-corrected chi connectivity index (χ2v) is 12.1. The number of halogens is 1. The van der Waals surface area contributed by atoms with Gasteiger partial charge < -0.3 is 9.97 Å². The Morgan fingerprint density at radius 2 is 0.714 bits per heavy atom. The summed E-state index contributed by atoms with van der Waals surface area (Å²) in [6.07, 6.45) is 0.703. The molecule has 11 nitrogen and oxygen atoms in total. The fourth-order valence-corrected chi connectivity index (χ4v) is 6.49. The van der Waals surface area contributed by atoms with E-state index in [4.69, 9.17) is 29.9 Å². The number of H-pyrrole nitrogens is 2. The van der Waals surface area contributed by atoms with Crippen molar-refractivity contribution in [2.24, 2.45) is 0 Å². The van der Waals surface area contributed by atoms with Crippen molar-refractivity contribution in [1.29, 1.82) is 0 Å². The van der Waals surface area contributed by atoms with E-state index in [0.717, 1.165) is 47.7 Å². The van der Waals surface area contributed by atoms with Crippen LogP contribution in [0.25, 0.3) is 89.7 Å². The van der Waals surface area contributed by atoms with Crippen LogP contribution >= 0.6 is 16.1 Å². The van der Waals surface area contributed by atoms with Gasteiger partial charge in [0.25, 0.3) is 0 Å². The molecule has 0 radical (unpaired) electrons. The quantitative estimate of drug-likeness (QED) is 0.101. The second-order valence-electron chi connectivity index (χ2n) is 11.4. The fourth-order valence-electron chi connectivity index (χ4n) is 6.14. The Kier molecular flexibility index (Phi) is 7.87. The first-order chi connectivity index (χ1) is 23.5. The number of hydrogen-bond donors (Lipinski definition) is 2.